The topological polar surface area (TPSA) is 17.8 Å². The minimum atomic E-state index is -2.51. The first-order valence-electron chi connectivity index (χ1n) is 10.3. The fourth-order valence-corrected chi connectivity index (χ4v) is 20.4. The second-order valence-corrected chi connectivity index (χ2v) is 20.8. The number of hydrogen-bond donors (Lipinski definition) is 0. The van der Waals surface area contributed by atoms with E-state index in [4.69, 9.17) is 16.7 Å². The van der Waals surface area contributed by atoms with Crippen molar-refractivity contribution in [3.8, 4) is 0 Å². The van der Waals surface area contributed by atoms with Gasteiger partial charge in [0.15, 0.2) is 0 Å². The molecule has 2 rings (SSSR count). The summed E-state index contributed by atoms with van der Waals surface area (Å²) in [5.74, 6) is 0. The van der Waals surface area contributed by atoms with Crippen LogP contribution >= 0.6 is 11.6 Å². The van der Waals surface area contributed by atoms with Crippen LogP contribution in [0.5, 0.6) is 0 Å². The fraction of sp³-hybridized carbons (Fsp3) is 0.667. The molecule has 0 spiro atoms. The van der Waals surface area contributed by atoms with Gasteiger partial charge in [0.1, 0.15) is 0 Å². The number of fused-ring (bicyclic) bond motifs is 1. The van der Waals surface area contributed by atoms with Crippen LogP contribution in [0.3, 0.4) is 0 Å². The van der Waals surface area contributed by atoms with Gasteiger partial charge in [0, 0.05) is 0 Å². The van der Waals surface area contributed by atoms with E-state index in [2.05, 4.69) is 50.6 Å². The Labute approximate surface area is 163 Å². The molecular formula is C21H35ClN2Sn. The summed E-state index contributed by atoms with van der Waals surface area (Å²) in [6.07, 6.45) is 8.02. The molecule has 1 aromatic heterocycles. The van der Waals surface area contributed by atoms with E-state index in [1.807, 2.05) is 0 Å². The normalized spacial score (nSPS) is 12.2. The van der Waals surface area contributed by atoms with Gasteiger partial charge in [-0.25, -0.2) is 0 Å². The summed E-state index contributed by atoms with van der Waals surface area (Å²) in [5.41, 5.74) is 1.25. The van der Waals surface area contributed by atoms with Crippen molar-refractivity contribution in [2.75, 3.05) is 0 Å². The van der Waals surface area contributed by atoms with E-state index < -0.39 is 18.4 Å². The molecule has 2 aromatic rings. The van der Waals surface area contributed by atoms with Crippen LogP contribution in [0.1, 0.15) is 66.2 Å². The molecule has 0 aliphatic heterocycles. The van der Waals surface area contributed by atoms with Crippen LogP contribution in [0, 0.1) is 0 Å². The Morgan fingerprint density at radius 2 is 1.48 bits per heavy atom. The summed E-state index contributed by atoms with van der Waals surface area (Å²) in [4.78, 5) is 0. The van der Waals surface area contributed by atoms with Crippen molar-refractivity contribution >= 4 is 44.6 Å². The Morgan fingerprint density at radius 3 is 1.96 bits per heavy atom. The van der Waals surface area contributed by atoms with Gasteiger partial charge in [0.2, 0.25) is 0 Å². The molecule has 1 aromatic carbocycles. The third kappa shape index (κ3) is 4.94. The van der Waals surface area contributed by atoms with Gasteiger partial charge in [-0.15, -0.1) is 0 Å². The SMILES string of the molecule is CCC[CH2][Sn]([CH2]CCC)([CH2]CCC)[c]1nn(CC)c2cc(Cl)ccc12. The van der Waals surface area contributed by atoms with Crippen molar-refractivity contribution < 1.29 is 0 Å². The van der Waals surface area contributed by atoms with Crippen LogP contribution in [-0.2, 0) is 6.54 Å². The summed E-state index contributed by atoms with van der Waals surface area (Å²) in [6, 6.07) is 6.43. The molecule has 0 saturated carbocycles. The van der Waals surface area contributed by atoms with Crippen LogP contribution in [0.25, 0.3) is 10.9 Å². The molecule has 1 heterocycles. The van der Waals surface area contributed by atoms with E-state index in [0.717, 1.165) is 11.6 Å². The van der Waals surface area contributed by atoms with Gasteiger partial charge < -0.3 is 0 Å². The van der Waals surface area contributed by atoms with Crippen LogP contribution in [0.15, 0.2) is 18.2 Å². The Morgan fingerprint density at radius 1 is 0.920 bits per heavy atom. The van der Waals surface area contributed by atoms with Crippen LogP contribution in [0.4, 0.5) is 0 Å². The first kappa shape index (κ1) is 21.1. The number of unbranched alkanes of at least 4 members (excludes halogenated alkanes) is 3. The molecule has 0 fully saturated rings. The first-order chi connectivity index (χ1) is 12.1. The predicted octanol–water partition coefficient (Wildman–Crippen LogP) is 6.77. The van der Waals surface area contributed by atoms with E-state index >= 15 is 0 Å². The van der Waals surface area contributed by atoms with Gasteiger partial charge >= 0.3 is 164 Å². The molecule has 4 heteroatoms. The molecule has 2 nitrogen and oxygen atoms in total. The van der Waals surface area contributed by atoms with Crippen LogP contribution in [0.2, 0.25) is 18.3 Å². The van der Waals surface area contributed by atoms with E-state index in [1.165, 1.54) is 66.4 Å². The second kappa shape index (κ2) is 10.2. The third-order valence-corrected chi connectivity index (χ3v) is 20.9. The van der Waals surface area contributed by atoms with E-state index in [9.17, 15) is 0 Å². The van der Waals surface area contributed by atoms with Crippen molar-refractivity contribution in [2.24, 2.45) is 0 Å². The third-order valence-electron chi connectivity index (χ3n) is 5.54. The van der Waals surface area contributed by atoms with Gasteiger partial charge in [-0.3, -0.25) is 0 Å². The zero-order chi connectivity index (χ0) is 18.3. The molecule has 0 atom stereocenters. The van der Waals surface area contributed by atoms with Gasteiger partial charge in [-0.05, 0) is 0 Å². The molecule has 0 aliphatic rings. The van der Waals surface area contributed by atoms with Crippen molar-refractivity contribution in [3.63, 3.8) is 0 Å². The number of nitrogens with zero attached hydrogens (tertiary/aromatic N) is 2. The quantitative estimate of drug-likeness (QED) is 0.332. The minimum absolute atomic E-state index is 0.824. The van der Waals surface area contributed by atoms with Crippen molar-refractivity contribution in [1.82, 2.24) is 9.78 Å². The van der Waals surface area contributed by atoms with E-state index in [1.54, 1.807) is 0 Å². The van der Waals surface area contributed by atoms with Gasteiger partial charge in [0.05, 0.1) is 0 Å². The summed E-state index contributed by atoms with van der Waals surface area (Å²) < 4.78 is 8.13. The predicted molar refractivity (Wildman–Crippen MR) is 115 cm³/mol. The number of aromatic nitrogens is 2. The van der Waals surface area contributed by atoms with Crippen molar-refractivity contribution in [3.05, 3.63) is 23.2 Å². The fourth-order valence-electron chi connectivity index (χ4n) is 4.06. The molecule has 0 N–H and O–H groups in total. The molecule has 0 saturated heterocycles. The van der Waals surface area contributed by atoms with Crippen molar-refractivity contribution in [1.29, 1.82) is 0 Å². The second-order valence-electron chi connectivity index (χ2n) is 7.42. The molecule has 0 amide bonds. The Bertz CT molecular complexity index is 643. The van der Waals surface area contributed by atoms with Gasteiger partial charge in [0.25, 0.3) is 0 Å². The molecule has 140 valence electrons. The molecule has 0 bridgehead atoms. The maximum atomic E-state index is 6.30. The summed E-state index contributed by atoms with van der Waals surface area (Å²) in [7, 11) is 0. The first-order valence-corrected chi connectivity index (χ1v) is 18.1. The standard InChI is InChI=1S/C9H8ClN2.3C4H9.Sn/c1-2-12-9-5-8(10)4-3-7(9)6-11-12;3*1-3-4-2;/h3-5H,2H2,1H3;3*1,3-4H2,2H3;. The molecule has 25 heavy (non-hydrogen) atoms. The summed E-state index contributed by atoms with van der Waals surface area (Å²) in [6.45, 7) is 10.1. The number of benzene rings is 1. The van der Waals surface area contributed by atoms with Gasteiger partial charge in [-0.2, -0.15) is 0 Å². The van der Waals surface area contributed by atoms with Crippen LogP contribution in [-0.4, -0.2) is 28.2 Å². The maximum absolute atomic E-state index is 6.30. The van der Waals surface area contributed by atoms with E-state index in [-0.39, 0.29) is 0 Å². The molecule has 0 aliphatic carbocycles. The summed E-state index contributed by atoms with van der Waals surface area (Å²) >= 11 is 3.79. The van der Waals surface area contributed by atoms with Crippen LogP contribution < -0.4 is 3.71 Å². The van der Waals surface area contributed by atoms with E-state index in [0.29, 0.717) is 0 Å². The Kier molecular flexibility index (Phi) is 8.60. The average molecular weight is 470 g/mol. The number of aryl methyl sites for hydroxylation is 1. The monoisotopic (exact) mass is 470 g/mol. The number of hydrogen-bond acceptors (Lipinski definition) is 1. The number of rotatable bonds is 11. The molecule has 0 unspecified atom stereocenters. The average Bonchev–Trinajstić information content (AvgIpc) is 3.00. The molecule has 0 radical (unpaired) electrons. The Hall–Kier alpha value is -0.221. The zero-order valence-electron chi connectivity index (χ0n) is 16.6. The summed E-state index contributed by atoms with van der Waals surface area (Å²) in [5, 5.41) is 7.46. The molecular weight excluding hydrogens is 434 g/mol. The Balaban J connectivity index is 2.59. The van der Waals surface area contributed by atoms with Crippen molar-refractivity contribution in [2.45, 2.75) is 86.1 Å². The van der Waals surface area contributed by atoms with Gasteiger partial charge in [-0.1, -0.05) is 0 Å². The number of halogens is 1. The zero-order valence-corrected chi connectivity index (χ0v) is 20.2.